The largest absolute Gasteiger partial charge is 0.497 e. The molecule has 1 fully saturated rings. The van der Waals surface area contributed by atoms with Crippen molar-refractivity contribution in [2.24, 2.45) is 0 Å². The van der Waals surface area contributed by atoms with E-state index in [1.807, 2.05) is 31.2 Å². The first-order chi connectivity index (χ1) is 16.5. The maximum atomic E-state index is 13.4. The Balaban J connectivity index is 1.69. The molecule has 1 atom stereocenters. The minimum Gasteiger partial charge on any atom is -0.497 e. The van der Waals surface area contributed by atoms with E-state index in [0.717, 1.165) is 42.6 Å². The summed E-state index contributed by atoms with van der Waals surface area (Å²) in [5.41, 5.74) is 1.91. The molecule has 1 N–H and O–H groups in total. The molecule has 1 saturated carbocycles. The SMILES string of the molecule is CCC(C(=O)NC1CCCCC1)N(Cc1ccc(OC)cc1)C(=O)CSCc1ccc(F)cc1. The number of nitrogens with zero attached hydrogens (tertiary/aromatic N) is 1. The third kappa shape index (κ3) is 7.76. The second-order valence-electron chi connectivity index (χ2n) is 8.76. The van der Waals surface area contributed by atoms with Gasteiger partial charge < -0.3 is 15.0 Å². The van der Waals surface area contributed by atoms with E-state index in [0.29, 0.717) is 18.7 Å². The number of amides is 2. The molecule has 3 rings (SSSR count). The first-order valence-electron chi connectivity index (χ1n) is 12.0. The molecule has 0 aromatic heterocycles. The van der Waals surface area contributed by atoms with E-state index in [-0.39, 0.29) is 29.4 Å². The maximum Gasteiger partial charge on any atom is 0.243 e. The lowest BCUT2D eigenvalue weighted by Gasteiger charge is -2.32. The standard InChI is InChI=1S/C27H35FN2O3S/c1-3-25(27(32)29-23-7-5-4-6-8-23)30(17-20-11-15-24(33-2)16-12-20)26(31)19-34-18-21-9-13-22(28)14-10-21/h9-16,23,25H,3-8,17-19H2,1-2H3,(H,29,32). The van der Waals surface area contributed by atoms with Gasteiger partial charge in [0.25, 0.3) is 0 Å². The fourth-order valence-corrected chi connectivity index (χ4v) is 5.18. The van der Waals surface area contributed by atoms with E-state index < -0.39 is 6.04 Å². The van der Waals surface area contributed by atoms with Crippen molar-refractivity contribution in [3.8, 4) is 5.75 Å². The molecule has 0 bridgehead atoms. The van der Waals surface area contributed by atoms with Crippen LogP contribution in [0.5, 0.6) is 5.75 Å². The molecule has 1 unspecified atom stereocenters. The van der Waals surface area contributed by atoms with Crippen molar-refractivity contribution in [2.75, 3.05) is 12.9 Å². The molecule has 0 saturated heterocycles. The van der Waals surface area contributed by atoms with E-state index in [2.05, 4.69) is 5.32 Å². The molecule has 2 amide bonds. The number of methoxy groups -OCH3 is 1. The van der Waals surface area contributed by atoms with Gasteiger partial charge in [-0.1, -0.05) is 50.5 Å². The molecule has 0 spiro atoms. The van der Waals surface area contributed by atoms with Crippen LogP contribution in [0.15, 0.2) is 48.5 Å². The Kier molecular flexibility index (Phi) is 10.3. The Morgan fingerprint density at radius 1 is 1.06 bits per heavy atom. The quantitative estimate of drug-likeness (QED) is 0.467. The molecule has 5 nitrogen and oxygen atoms in total. The molecular formula is C27H35FN2O3S. The van der Waals surface area contributed by atoms with Crippen LogP contribution in [0.25, 0.3) is 0 Å². The topological polar surface area (TPSA) is 58.6 Å². The number of ether oxygens (including phenoxy) is 1. The highest BCUT2D eigenvalue weighted by Crippen LogP contribution is 2.21. The van der Waals surface area contributed by atoms with Gasteiger partial charge in [-0.25, -0.2) is 4.39 Å². The van der Waals surface area contributed by atoms with Crippen LogP contribution in [0.2, 0.25) is 0 Å². The van der Waals surface area contributed by atoms with Crippen LogP contribution in [-0.4, -0.2) is 41.7 Å². The van der Waals surface area contributed by atoms with Crippen LogP contribution in [0.4, 0.5) is 4.39 Å². The summed E-state index contributed by atoms with van der Waals surface area (Å²) >= 11 is 1.48. The molecule has 34 heavy (non-hydrogen) atoms. The van der Waals surface area contributed by atoms with Crippen LogP contribution in [-0.2, 0) is 21.9 Å². The molecule has 184 valence electrons. The number of benzene rings is 2. The van der Waals surface area contributed by atoms with Gasteiger partial charge in [-0.15, -0.1) is 11.8 Å². The zero-order valence-corrected chi connectivity index (χ0v) is 20.9. The summed E-state index contributed by atoms with van der Waals surface area (Å²) < 4.78 is 18.4. The number of thioether (sulfide) groups is 1. The zero-order valence-electron chi connectivity index (χ0n) is 20.1. The van der Waals surface area contributed by atoms with Crippen molar-refractivity contribution in [1.82, 2.24) is 10.2 Å². The maximum absolute atomic E-state index is 13.4. The molecule has 1 aliphatic carbocycles. The third-order valence-electron chi connectivity index (χ3n) is 6.26. The van der Waals surface area contributed by atoms with E-state index in [4.69, 9.17) is 4.74 Å². The van der Waals surface area contributed by atoms with Gasteiger partial charge in [0.05, 0.1) is 12.9 Å². The fraction of sp³-hybridized carbons (Fsp3) is 0.481. The third-order valence-corrected chi connectivity index (χ3v) is 7.25. The Morgan fingerprint density at radius 3 is 2.32 bits per heavy atom. The summed E-state index contributed by atoms with van der Waals surface area (Å²) in [5.74, 6) is 1.19. The second kappa shape index (κ2) is 13.4. The molecule has 0 heterocycles. The normalized spacial score (nSPS) is 14.9. The molecule has 2 aromatic rings. The van der Waals surface area contributed by atoms with Crippen LogP contribution >= 0.6 is 11.8 Å². The first kappa shape index (κ1) is 26.1. The lowest BCUT2D eigenvalue weighted by molar-refractivity contribution is -0.139. The smallest absolute Gasteiger partial charge is 0.243 e. The van der Waals surface area contributed by atoms with Crippen molar-refractivity contribution in [3.05, 3.63) is 65.5 Å². The minimum atomic E-state index is -0.525. The van der Waals surface area contributed by atoms with Crippen molar-refractivity contribution in [3.63, 3.8) is 0 Å². The molecule has 1 aliphatic rings. The molecule has 0 aliphatic heterocycles. The Hall–Kier alpha value is -2.54. The van der Waals surface area contributed by atoms with Crippen LogP contribution < -0.4 is 10.1 Å². The van der Waals surface area contributed by atoms with Crippen LogP contribution in [0.3, 0.4) is 0 Å². The van der Waals surface area contributed by atoms with Crippen LogP contribution in [0, 0.1) is 5.82 Å². The average Bonchev–Trinajstić information content (AvgIpc) is 2.86. The Bertz CT molecular complexity index is 914. The number of halogens is 1. The van der Waals surface area contributed by atoms with Gasteiger partial charge >= 0.3 is 0 Å². The highest BCUT2D eigenvalue weighted by molar-refractivity contribution is 7.99. The molecule has 0 radical (unpaired) electrons. The Morgan fingerprint density at radius 2 is 1.71 bits per heavy atom. The number of carbonyl (C=O) groups excluding carboxylic acids is 2. The van der Waals surface area contributed by atoms with Gasteiger partial charge in [0, 0.05) is 18.3 Å². The molecule has 2 aromatic carbocycles. The summed E-state index contributed by atoms with van der Waals surface area (Å²) in [6.45, 7) is 2.31. The number of nitrogens with one attached hydrogen (secondary N) is 1. The predicted octanol–water partition coefficient (Wildman–Crippen LogP) is 5.32. The van der Waals surface area contributed by atoms with E-state index in [1.165, 1.54) is 30.3 Å². The summed E-state index contributed by atoms with van der Waals surface area (Å²) in [5, 5.41) is 3.20. The summed E-state index contributed by atoms with van der Waals surface area (Å²) in [7, 11) is 1.62. The van der Waals surface area contributed by atoms with Crippen molar-refractivity contribution < 1.29 is 18.7 Å². The fourth-order valence-electron chi connectivity index (χ4n) is 4.31. The van der Waals surface area contributed by atoms with E-state index >= 15 is 0 Å². The zero-order chi connectivity index (χ0) is 24.3. The van der Waals surface area contributed by atoms with E-state index in [9.17, 15) is 14.0 Å². The van der Waals surface area contributed by atoms with Gasteiger partial charge in [-0.3, -0.25) is 9.59 Å². The summed E-state index contributed by atoms with van der Waals surface area (Å²) in [6.07, 6.45) is 6.04. The lowest BCUT2D eigenvalue weighted by Crippen LogP contribution is -2.52. The number of hydrogen-bond donors (Lipinski definition) is 1. The first-order valence-corrected chi connectivity index (χ1v) is 13.2. The monoisotopic (exact) mass is 486 g/mol. The molecule has 7 heteroatoms. The van der Waals surface area contributed by atoms with Crippen LogP contribution in [0.1, 0.15) is 56.6 Å². The average molecular weight is 487 g/mol. The van der Waals surface area contributed by atoms with Gasteiger partial charge in [0.1, 0.15) is 17.6 Å². The van der Waals surface area contributed by atoms with Gasteiger partial charge in [0.15, 0.2) is 0 Å². The van der Waals surface area contributed by atoms with Gasteiger partial charge in [0.2, 0.25) is 11.8 Å². The highest BCUT2D eigenvalue weighted by atomic mass is 32.2. The van der Waals surface area contributed by atoms with Crippen molar-refractivity contribution in [2.45, 2.75) is 69.8 Å². The molecular weight excluding hydrogens is 451 g/mol. The predicted molar refractivity (Wildman–Crippen MR) is 135 cm³/mol. The number of hydrogen-bond acceptors (Lipinski definition) is 4. The second-order valence-corrected chi connectivity index (χ2v) is 9.74. The lowest BCUT2D eigenvalue weighted by atomic mass is 9.95. The number of carbonyl (C=O) groups is 2. The summed E-state index contributed by atoms with van der Waals surface area (Å²) in [4.78, 5) is 28.3. The van der Waals surface area contributed by atoms with Crippen molar-refractivity contribution in [1.29, 1.82) is 0 Å². The number of rotatable bonds is 11. The highest BCUT2D eigenvalue weighted by Gasteiger charge is 2.30. The minimum absolute atomic E-state index is 0.0696. The van der Waals surface area contributed by atoms with E-state index in [1.54, 1.807) is 24.1 Å². The van der Waals surface area contributed by atoms with Crippen molar-refractivity contribution >= 4 is 23.6 Å². The van der Waals surface area contributed by atoms with Gasteiger partial charge in [-0.05, 0) is 54.7 Å². The summed E-state index contributed by atoms with van der Waals surface area (Å²) in [6, 6.07) is 13.6. The van der Waals surface area contributed by atoms with Gasteiger partial charge in [-0.2, -0.15) is 0 Å². The Labute approximate surface area is 206 Å².